The zero-order valence-corrected chi connectivity index (χ0v) is 10.3. The number of hydrogen-bond donors (Lipinski definition) is 2. The lowest BCUT2D eigenvalue weighted by Crippen LogP contribution is -2.35. The number of aryl methyl sites for hydroxylation is 1. The van der Waals surface area contributed by atoms with Gasteiger partial charge in [-0.05, 0) is 19.1 Å². The Morgan fingerprint density at radius 1 is 1.38 bits per heavy atom. The molecule has 0 radical (unpaired) electrons. The van der Waals surface area contributed by atoms with Crippen LogP contribution in [0.25, 0.3) is 0 Å². The fraction of sp³-hybridized carbons (Fsp3) is 0.364. The van der Waals surface area contributed by atoms with E-state index in [1.165, 1.54) is 17.6 Å². The smallest absolute Gasteiger partial charge is 0.336 e. The highest BCUT2D eigenvalue weighted by Crippen LogP contribution is 2.17. The van der Waals surface area contributed by atoms with E-state index in [-0.39, 0.29) is 6.03 Å². The largest absolute Gasteiger partial charge is 0.338 e. The summed E-state index contributed by atoms with van der Waals surface area (Å²) in [5, 5.41) is 2.67. The van der Waals surface area contributed by atoms with Crippen molar-refractivity contribution in [1.29, 1.82) is 0 Å². The molecule has 4 nitrogen and oxygen atoms in total. The molecule has 0 aromatic heterocycles. The average molecular weight is 240 g/mol. The summed E-state index contributed by atoms with van der Waals surface area (Å²) in [6.45, 7) is 2.67. The van der Waals surface area contributed by atoms with Gasteiger partial charge in [0.1, 0.15) is 0 Å². The second-order valence-corrected chi connectivity index (χ2v) is 4.39. The topological polar surface area (TPSA) is 50.4 Å². The van der Waals surface area contributed by atoms with Crippen LogP contribution < -0.4 is 10.8 Å². The molecule has 0 atom stereocenters. The van der Waals surface area contributed by atoms with Crippen molar-refractivity contribution in [3.8, 4) is 0 Å². The summed E-state index contributed by atoms with van der Waals surface area (Å²) in [7, 11) is 1.40. The lowest BCUT2D eigenvalue weighted by molar-refractivity contribution is 0.108. The van der Waals surface area contributed by atoms with Crippen LogP contribution >= 0.6 is 11.8 Å². The van der Waals surface area contributed by atoms with Crippen molar-refractivity contribution in [2.45, 2.75) is 11.8 Å². The highest BCUT2D eigenvalue weighted by Gasteiger charge is 1.98. The van der Waals surface area contributed by atoms with Crippen LogP contribution in [-0.2, 0) is 4.84 Å². The number of benzene rings is 1. The number of carbonyl (C=O) groups excluding carboxylic acids is 1. The molecule has 1 rings (SSSR count). The van der Waals surface area contributed by atoms with Crippen molar-refractivity contribution in [1.82, 2.24) is 10.8 Å². The molecular formula is C11H16N2O2S. The van der Waals surface area contributed by atoms with Gasteiger partial charge in [0, 0.05) is 17.2 Å². The molecule has 5 heteroatoms. The van der Waals surface area contributed by atoms with E-state index in [2.05, 4.69) is 46.8 Å². The summed E-state index contributed by atoms with van der Waals surface area (Å²) < 4.78 is 0. The monoisotopic (exact) mass is 240 g/mol. The Hall–Kier alpha value is -1.20. The van der Waals surface area contributed by atoms with Crippen molar-refractivity contribution in [3.05, 3.63) is 29.8 Å². The average Bonchev–Trinajstić information content (AvgIpc) is 2.27. The maximum absolute atomic E-state index is 10.9. The minimum atomic E-state index is -0.313. The summed E-state index contributed by atoms with van der Waals surface area (Å²) >= 11 is 1.71. The van der Waals surface area contributed by atoms with Crippen LogP contribution in [0.5, 0.6) is 0 Å². The van der Waals surface area contributed by atoms with Gasteiger partial charge >= 0.3 is 6.03 Å². The van der Waals surface area contributed by atoms with Gasteiger partial charge in [0.2, 0.25) is 0 Å². The predicted octanol–water partition coefficient (Wildman–Crippen LogP) is 1.95. The Kier molecular flexibility index (Phi) is 5.74. The van der Waals surface area contributed by atoms with Crippen LogP contribution in [0.3, 0.4) is 0 Å². The number of rotatable bonds is 5. The zero-order chi connectivity index (χ0) is 11.8. The molecule has 88 valence electrons. The number of urea groups is 1. The summed E-state index contributed by atoms with van der Waals surface area (Å²) in [5.41, 5.74) is 3.44. The predicted molar refractivity (Wildman–Crippen MR) is 65.4 cm³/mol. The third-order valence-electron chi connectivity index (χ3n) is 1.87. The van der Waals surface area contributed by atoms with Gasteiger partial charge in [-0.15, -0.1) is 11.8 Å². The molecule has 0 unspecified atom stereocenters. The van der Waals surface area contributed by atoms with E-state index in [1.807, 2.05) is 0 Å². The number of carbonyl (C=O) groups is 1. The first-order valence-electron chi connectivity index (χ1n) is 4.98. The molecule has 1 aromatic rings. The number of hydrogen-bond acceptors (Lipinski definition) is 3. The Balaban J connectivity index is 2.16. The lowest BCUT2D eigenvalue weighted by atomic mass is 10.2. The van der Waals surface area contributed by atoms with E-state index in [0.717, 1.165) is 5.75 Å². The summed E-state index contributed by atoms with van der Waals surface area (Å²) in [4.78, 5) is 16.6. The van der Waals surface area contributed by atoms with Crippen LogP contribution in [0, 0.1) is 6.92 Å². The number of hydroxylamine groups is 1. The first kappa shape index (κ1) is 12.9. The molecule has 0 aliphatic carbocycles. The molecule has 0 spiro atoms. The van der Waals surface area contributed by atoms with Gasteiger partial charge in [0.25, 0.3) is 0 Å². The van der Waals surface area contributed by atoms with Crippen LogP contribution in [0.4, 0.5) is 4.79 Å². The second kappa shape index (κ2) is 7.14. The minimum absolute atomic E-state index is 0.313. The molecule has 2 amide bonds. The van der Waals surface area contributed by atoms with E-state index in [4.69, 9.17) is 0 Å². The van der Waals surface area contributed by atoms with Crippen molar-refractivity contribution >= 4 is 17.8 Å². The van der Waals surface area contributed by atoms with Crippen LogP contribution in [0.15, 0.2) is 29.2 Å². The quantitative estimate of drug-likeness (QED) is 0.470. The molecule has 16 heavy (non-hydrogen) atoms. The molecule has 0 aliphatic heterocycles. The fourth-order valence-corrected chi connectivity index (χ4v) is 1.87. The van der Waals surface area contributed by atoms with E-state index in [0.29, 0.717) is 6.54 Å². The molecular weight excluding hydrogens is 224 g/mol. The van der Waals surface area contributed by atoms with Gasteiger partial charge in [-0.1, -0.05) is 17.7 Å². The SMILES string of the molecule is CONC(=O)NCCSc1ccc(C)cc1. The Labute approximate surface area is 99.7 Å². The number of amides is 2. The van der Waals surface area contributed by atoms with E-state index in [1.54, 1.807) is 11.8 Å². The Bertz CT molecular complexity index is 327. The maximum atomic E-state index is 10.9. The van der Waals surface area contributed by atoms with Crippen LogP contribution in [0.2, 0.25) is 0 Å². The Morgan fingerprint density at radius 2 is 2.06 bits per heavy atom. The fourth-order valence-electron chi connectivity index (χ4n) is 1.10. The van der Waals surface area contributed by atoms with Crippen molar-refractivity contribution < 1.29 is 9.63 Å². The van der Waals surface area contributed by atoms with E-state index < -0.39 is 0 Å². The molecule has 0 aliphatic rings. The summed E-state index contributed by atoms with van der Waals surface area (Å²) in [6, 6.07) is 8.00. The molecule has 0 saturated heterocycles. The van der Waals surface area contributed by atoms with Crippen LogP contribution in [0.1, 0.15) is 5.56 Å². The van der Waals surface area contributed by atoms with Crippen LogP contribution in [-0.4, -0.2) is 25.4 Å². The third kappa shape index (κ3) is 5.04. The zero-order valence-electron chi connectivity index (χ0n) is 9.45. The Morgan fingerprint density at radius 3 is 2.69 bits per heavy atom. The van der Waals surface area contributed by atoms with Crippen molar-refractivity contribution in [2.75, 3.05) is 19.4 Å². The van der Waals surface area contributed by atoms with Gasteiger partial charge < -0.3 is 5.32 Å². The van der Waals surface area contributed by atoms with Gasteiger partial charge in [-0.3, -0.25) is 4.84 Å². The first-order valence-corrected chi connectivity index (χ1v) is 5.97. The molecule has 0 fully saturated rings. The van der Waals surface area contributed by atoms with Gasteiger partial charge in [0.05, 0.1) is 7.11 Å². The highest BCUT2D eigenvalue weighted by atomic mass is 32.2. The summed E-state index contributed by atoms with van der Waals surface area (Å²) in [6.07, 6.45) is 0. The van der Waals surface area contributed by atoms with Crippen molar-refractivity contribution in [2.24, 2.45) is 0 Å². The highest BCUT2D eigenvalue weighted by molar-refractivity contribution is 7.99. The molecule has 0 heterocycles. The van der Waals surface area contributed by atoms with Gasteiger partial charge in [0.15, 0.2) is 0 Å². The first-order chi connectivity index (χ1) is 7.72. The van der Waals surface area contributed by atoms with E-state index >= 15 is 0 Å². The normalized spacial score (nSPS) is 9.88. The van der Waals surface area contributed by atoms with E-state index in [9.17, 15) is 4.79 Å². The second-order valence-electron chi connectivity index (χ2n) is 3.22. The summed E-state index contributed by atoms with van der Waals surface area (Å²) in [5.74, 6) is 0.834. The molecule has 1 aromatic carbocycles. The lowest BCUT2D eigenvalue weighted by Gasteiger charge is -2.05. The van der Waals surface area contributed by atoms with Gasteiger partial charge in [-0.2, -0.15) is 0 Å². The molecule has 2 N–H and O–H groups in total. The molecule has 0 bridgehead atoms. The standard InChI is InChI=1S/C11H16N2O2S/c1-9-3-5-10(6-4-9)16-8-7-12-11(14)13-15-2/h3-6H,7-8H2,1-2H3,(H2,12,13,14). The number of thioether (sulfide) groups is 1. The number of nitrogens with one attached hydrogen (secondary N) is 2. The third-order valence-corrected chi connectivity index (χ3v) is 2.89. The minimum Gasteiger partial charge on any atom is -0.336 e. The maximum Gasteiger partial charge on any atom is 0.338 e. The molecule has 0 saturated carbocycles. The van der Waals surface area contributed by atoms with Gasteiger partial charge in [-0.25, -0.2) is 10.3 Å². The van der Waals surface area contributed by atoms with Crippen molar-refractivity contribution in [3.63, 3.8) is 0 Å².